The van der Waals surface area contributed by atoms with Crippen molar-refractivity contribution in [3.63, 3.8) is 0 Å². The van der Waals surface area contributed by atoms with E-state index >= 15 is 0 Å². The molecule has 3 rings (SSSR count). The van der Waals surface area contributed by atoms with Gasteiger partial charge in [-0.1, -0.05) is 6.07 Å². The van der Waals surface area contributed by atoms with Gasteiger partial charge in [0.2, 0.25) is 5.88 Å². The topological polar surface area (TPSA) is 97.8 Å². The number of ether oxygens (including phenoxy) is 2. The number of carbonyl (C=O) groups excluding carboxylic acids is 1. The first-order valence-electron chi connectivity index (χ1n) is 8.49. The van der Waals surface area contributed by atoms with Crippen molar-refractivity contribution in [2.45, 2.75) is 31.8 Å². The van der Waals surface area contributed by atoms with Crippen molar-refractivity contribution in [3.05, 3.63) is 48.2 Å². The van der Waals surface area contributed by atoms with E-state index in [1.54, 1.807) is 36.4 Å². The second kappa shape index (κ2) is 8.33. The zero-order valence-corrected chi connectivity index (χ0v) is 14.2. The first-order valence-corrected chi connectivity index (χ1v) is 8.49. The summed E-state index contributed by atoms with van der Waals surface area (Å²) in [7, 11) is 0. The average Bonchev–Trinajstić information content (AvgIpc) is 3.14. The van der Waals surface area contributed by atoms with E-state index in [0.29, 0.717) is 22.9 Å². The second-order valence-corrected chi connectivity index (χ2v) is 6.07. The Morgan fingerprint density at radius 1 is 1.19 bits per heavy atom. The first kappa shape index (κ1) is 17.7. The highest BCUT2D eigenvalue weighted by atomic mass is 16.5. The van der Waals surface area contributed by atoms with Crippen LogP contribution in [0.3, 0.4) is 0 Å². The van der Waals surface area contributed by atoms with Crippen molar-refractivity contribution < 1.29 is 24.2 Å². The lowest BCUT2D eigenvalue weighted by Gasteiger charge is -2.12. The molecule has 0 aliphatic heterocycles. The number of carboxylic acids is 1. The summed E-state index contributed by atoms with van der Waals surface area (Å²) in [4.78, 5) is 27.1. The normalized spacial score (nSPS) is 14.0. The average molecular weight is 356 g/mol. The van der Waals surface area contributed by atoms with Crippen LogP contribution in [0, 0.1) is 0 Å². The van der Waals surface area contributed by atoms with E-state index in [4.69, 9.17) is 14.6 Å². The monoisotopic (exact) mass is 356 g/mol. The number of carboxylic acid groups (broad SMARTS) is 1. The minimum Gasteiger partial charge on any atom is -0.482 e. The van der Waals surface area contributed by atoms with Crippen LogP contribution in [0.25, 0.3) is 0 Å². The number of nitrogens with one attached hydrogen (secondary N) is 1. The standard InChI is InChI=1S/C19H20N2O5/c22-18(23)12-25-16-7-3-4-14(10-16)21-19(24)13-8-9-17(20-11-13)26-15-5-1-2-6-15/h3-4,7-11,15H,1-2,5-6,12H2,(H,21,24)(H,22,23). The molecule has 26 heavy (non-hydrogen) atoms. The molecular weight excluding hydrogens is 336 g/mol. The van der Waals surface area contributed by atoms with Crippen LogP contribution >= 0.6 is 0 Å². The minimum atomic E-state index is -1.06. The van der Waals surface area contributed by atoms with Gasteiger partial charge in [0.1, 0.15) is 11.9 Å². The summed E-state index contributed by atoms with van der Waals surface area (Å²) in [5.74, 6) is -0.494. The molecule has 2 aromatic rings. The maximum atomic E-state index is 12.3. The molecule has 2 N–H and O–H groups in total. The van der Waals surface area contributed by atoms with E-state index in [-0.39, 0.29) is 12.0 Å². The van der Waals surface area contributed by atoms with Crippen LogP contribution in [-0.2, 0) is 4.79 Å². The van der Waals surface area contributed by atoms with Crippen molar-refractivity contribution in [3.8, 4) is 11.6 Å². The molecular formula is C19H20N2O5. The number of rotatable bonds is 7. The van der Waals surface area contributed by atoms with E-state index in [1.807, 2.05) is 0 Å². The van der Waals surface area contributed by atoms with Crippen molar-refractivity contribution in [2.24, 2.45) is 0 Å². The molecule has 1 saturated carbocycles. The van der Waals surface area contributed by atoms with E-state index in [9.17, 15) is 9.59 Å². The number of carbonyl (C=O) groups is 2. The number of nitrogens with zero attached hydrogens (tertiary/aromatic N) is 1. The molecule has 1 aliphatic rings. The Hall–Kier alpha value is -3.09. The molecule has 0 radical (unpaired) electrons. The fourth-order valence-electron chi connectivity index (χ4n) is 2.77. The Morgan fingerprint density at radius 3 is 2.69 bits per heavy atom. The third-order valence-corrected chi connectivity index (χ3v) is 4.04. The second-order valence-electron chi connectivity index (χ2n) is 6.07. The summed E-state index contributed by atoms with van der Waals surface area (Å²) in [5, 5.41) is 11.4. The summed E-state index contributed by atoms with van der Waals surface area (Å²) in [5.41, 5.74) is 0.907. The zero-order valence-electron chi connectivity index (χ0n) is 14.2. The third kappa shape index (κ3) is 4.95. The van der Waals surface area contributed by atoms with Crippen LogP contribution in [0.4, 0.5) is 5.69 Å². The lowest BCUT2D eigenvalue weighted by molar-refractivity contribution is -0.139. The molecule has 1 aromatic heterocycles. The maximum absolute atomic E-state index is 12.3. The third-order valence-electron chi connectivity index (χ3n) is 4.04. The summed E-state index contributed by atoms with van der Waals surface area (Å²) >= 11 is 0. The molecule has 0 bridgehead atoms. The van der Waals surface area contributed by atoms with Gasteiger partial charge in [0.25, 0.3) is 5.91 Å². The molecule has 0 spiro atoms. The summed E-state index contributed by atoms with van der Waals surface area (Å²) in [6.07, 6.45) is 6.15. The number of anilines is 1. The van der Waals surface area contributed by atoms with Gasteiger partial charge in [-0.2, -0.15) is 0 Å². The SMILES string of the molecule is O=C(O)COc1cccc(NC(=O)c2ccc(OC3CCCC3)nc2)c1. The summed E-state index contributed by atoms with van der Waals surface area (Å²) in [6, 6.07) is 9.90. The Bertz CT molecular complexity index is 770. The fourth-order valence-corrected chi connectivity index (χ4v) is 2.77. The number of hydrogen-bond acceptors (Lipinski definition) is 5. The molecule has 0 saturated heterocycles. The molecule has 1 heterocycles. The van der Waals surface area contributed by atoms with Crippen molar-refractivity contribution in [1.29, 1.82) is 0 Å². The Kier molecular flexibility index (Phi) is 5.68. The van der Waals surface area contributed by atoms with Crippen LogP contribution in [0.1, 0.15) is 36.0 Å². The quantitative estimate of drug-likeness (QED) is 0.791. The minimum absolute atomic E-state index is 0.218. The molecule has 7 heteroatoms. The molecule has 0 atom stereocenters. The van der Waals surface area contributed by atoms with Crippen LogP contribution in [0.2, 0.25) is 0 Å². The van der Waals surface area contributed by atoms with Crippen LogP contribution < -0.4 is 14.8 Å². The molecule has 1 amide bonds. The predicted octanol–water partition coefficient (Wildman–Crippen LogP) is 3.12. The summed E-state index contributed by atoms with van der Waals surface area (Å²) < 4.78 is 10.9. The Balaban J connectivity index is 1.58. The molecule has 0 unspecified atom stereocenters. The molecule has 1 aliphatic carbocycles. The van der Waals surface area contributed by atoms with Crippen LogP contribution in [-0.4, -0.2) is 34.7 Å². The first-order chi connectivity index (χ1) is 12.6. The van der Waals surface area contributed by atoms with Gasteiger partial charge in [0.15, 0.2) is 6.61 Å². The lowest BCUT2D eigenvalue weighted by atomic mass is 10.2. The van der Waals surface area contributed by atoms with Gasteiger partial charge in [-0.15, -0.1) is 0 Å². The van der Waals surface area contributed by atoms with Crippen LogP contribution in [0.15, 0.2) is 42.6 Å². The molecule has 136 valence electrons. The highest BCUT2D eigenvalue weighted by Crippen LogP contribution is 2.23. The van der Waals surface area contributed by atoms with Gasteiger partial charge in [-0.25, -0.2) is 9.78 Å². The number of hydrogen-bond donors (Lipinski definition) is 2. The lowest BCUT2D eigenvalue weighted by Crippen LogP contribution is -2.14. The highest BCUT2D eigenvalue weighted by molar-refractivity contribution is 6.04. The molecule has 1 fully saturated rings. The van der Waals surface area contributed by atoms with Crippen LogP contribution in [0.5, 0.6) is 11.6 Å². The van der Waals surface area contributed by atoms with E-state index < -0.39 is 12.6 Å². The van der Waals surface area contributed by atoms with E-state index in [1.165, 1.54) is 19.0 Å². The van der Waals surface area contributed by atoms with Crippen molar-refractivity contribution in [2.75, 3.05) is 11.9 Å². The number of aromatic nitrogens is 1. The van der Waals surface area contributed by atoms with E-state index in [0.717, 1.165) is 12.8 Å². The van der Waals surface area contributed by atoms with Crippen molar-refractivity contribution >= 4 is 17.6 Å². The Labute approximate surface area is 151 Å². The highest BCUT2D eigenvalue weighted by Gasteiger charge is 2.17. The zero-order chi connectivity index (χ0) is 18.4. The number of aliphatic carboxylic acids is 1. The number of pyridine rings is 1. The van der Waals surface area contributed by atoms with E-state index in [2.05, 4.69) is 10.3 Å². The number of amides is 1. The Morgan fingerprint density at radius 2 is 2.00 bits per heavy atom. The number of benzene rings is 1. The smallest absolute Gasteiger partial charge is 0.341 e. The maximum Gasteiger partial charge on any atom is 0.341 e. The van der Waals surface area contributed by atoms with Gasteiger partial charge in [0.05, 0.1) is 5.56 Å². The fraction of sp³-hybridized carbons (Fsp3) is 0.316. The van der Waals surface area contributed by atoms with Gasteiger partial charge in [-0.05, 0) is 43.9 Å². The van der Waals surface area contributed by atoms with Crippen molar-refractivity contribution in [1.82, 2.24) is 4.98 Å². The van der Waals surface area contributed by atoms with Gasteiger partial charge in [-0.3, -0.25) is 4.79 Å². The summed E-state index contributed by atoms with van der Waals surface area (Å²) in [6.45, 7) is -0.441. The van der Waals surface area contributed by atoms with Gasteiger partial charge < -0.3 is 19.9 Å². The van der Waals surface area contributed by atoms with Gasteiger partial charge in [0, 0.05) is 24.0 Å². The largest absolute Gasteiger partial charge is 0.482 e. The predicted molar refractivity (Wildman–Crippen MR) is 94.6 cm³/mol. The van der Waals surface area contributed by atoms with Gasteiger partial charge >= 0.3 is 5.97 Å². The molecule has 1 aromatic carbocycles. The molecule has 7 nitrogen and oxygen atoms in total.